The molecule has 26 heteroatoms. The van der Waals surface area contributed by atoms with Crippen molar-refractivity contribution in [2.75, 3.05) is 18.8 Å². The van der Waals surface area contributed by atoms with Crippen LogP contribution in [0, 0.1) is 5.92 Å². The van der Waals surface area contributed by atoms with Crippen LogP contribution >= 0.6 is 23.4 Å². The predicted octanol–water partition coefficient (Wildman–Crippen LogP) is -0.616. The van der Waals surface area contributed by atoms with Crippen LogP contribution in [-0.2, 0) is 64.0 Å². The monoisotopic (exact) mass is 1160 g/mol. The fourth-order valence-electron chi connectivity index (χ4n) is 8.49. The van der Waals surface area contributed by atoms with Gasteiger partial charge in [-0.25, -0.2) is 0 Å². The molecular weight excluding hydrogens is 1090 g/mol. The van der Waals surface area contributed by atoms with Crippen molar-refractivity contribution in [1.82, 2.24) is 37.2 Å². The number of nitrogens with one attached hydrogen (secondary N) is 7. The number of carbonyl (C=O) groups is 10. The number of thioether (sulfide) groups is 1. The maximum atomic E-state index is 14.8. The Morgan fingerprint density at radius 3 is 1.85 bits per heavy atom. The first-order valence-electron chi connectivity index (χ1n) is 25.9. The zero-order chi connectivity index (χ0) is 59.3. The lowest BCUT2D eigenvalue weighted by Gasteiger charge is -2.28. The van der Waals surface area contributed by atoms with Crippen molar-refractivity contribution in [2.24, 2.45) is 28.9 Å². The van der Waals surface area contributed by atoms with Crippen LogP contribution < -0.4 is 60.2 Å². The Bertz CT molecular complexity index is 2860. The number of carbonyl (C=O) groups excluding carboxylic acids is 10. The molecule has 18 N–H and O–H groups in total. The van der Waals surface area contributed by atoms with Gasteiger partial charge in [-0.2, -0.15) is 0 Å². The van der Waals surface area contributed by atoms with Crippen LogP contribution in [0.5, 0.6) is 11.5 Å². The maximum Gasteiger partial charge on any atom is 0.279 e. The molecule has 0 radical (unpaired) electrons. The molecule has 0 saturated carbocycles. The Morgan fingerprint density at radius 2 is 1.26 bits per heavy atom. The van der Waals surface area contributed by atoms with Crippen LogP contribution in [0.25, 0.3) is 0 Å². The molecule has 0 bridgehead atoms. The summed E-state index contributed by atoms with van der Waals surface area (Å²) in [6, 6.07) is 12.8. The number of aliphatic hydroxyl groups is 1. The van der Waals surface area contributed by atoms with Gasteiger partial charge in [0.05, 0.1) is 12.1 Å². The number of unbranched alkanes of at least 4 members (excludes halogenated alkanes) is 1. The standard InChI is InChI=1S/C55H68ClN11O13S/c1-29(68)46-54(79)66-44(53(78)63-41(48(60)73)24-33-11-19-38(70)20-12-33)28-81-55(80)61-27-43(65-50(75)39(58)23-31-7-15-36(56)16-8-31)45(71)26-35(22-30-9-17-37(69)18-10-30)49(74)64-42(25-32-5-13-34(14-6-32)47(59)72)52(77)62-40(51(76)67-46)4-2-3-21-57/h5-20,29,35,39-44,46,68-70H,2-4,21-28,57-58H2,1H3,(H2,59,72)(H2,60,73)(H,61,80)(H,62,77)(H,63,78)(H,64,74)(H,65,75)(H,66,79)(H,67,76)/t29?,35-,39+,40+,41-,42-,43+,44+,46+/m1/s1. The maximum absolute atomic E-state index is 14.8. The number of Topliss-reactive ketones (excluding diaryl/α,β-unsaturated/α-hetero) is 1. The smallest absolute Gasteiger partial charge is 0.279 e. The molecule has 0 aromatic heterocycles. The average Bonchev–Trinajstić information content (AvgIpc) is 3.44. The molecule has 0 spiro atoms. The first kappa shape index (κ1) is 63.7. The van der Waals surface area contributed by atoms with Crippen LogP contribution in [-0.4, -0.2) is 141 Å². The Morgan fingerprint density at radius 1 is 0.704 bits per heavy atom. The molecule has 1 saturated heterocycles. The van der Waals surface area contributed by atoms with Crippen LogP contribution in [0.15, 0.2) is 97.1 Å². The van der Waals surface area contributed by atoms with Crippen molar-refractivity contribution in [3.8, 4) is 11.5 Å². The molecule has 24 nitrogen and oxygen atoms in total. The van der Waals surface area contributed by atoms with E-state index >= 15 is 0 Å². The van der Waals surface area contributed by atoms with E-state index in [0.29, 0.717) is 45.5 Å². The Kier molecular flexibility index (Phi) is 24.4. The van der Waals surface area contributed by atoms with E-state index in [-0.39, 0.29) is 62.1 Å². The lowest BCUT2D eigenvalue weighted by molar-refractivity contribution is -0.137. The third-order valence-corrected chi connectivity index (χ3v) is 14.3. The number of phenols is 2. The van der Waals surface area contributed by atoms with E-state index in [1.807, 2.05) is 0 Å². The van der Waals surface area contributed by atoms with Gasteiger partial charge in [-0.3, -0.25) is 47.9 Å². The van der Waals surface area contributed by atoms with Gasteiger partial charge in [0.15, 0.2) is 5.78 Å². The van der Waals surface area contributed by atoms with E-state index in [2.05, 4.69) is 37.2 Å². The van der Waals surface area contributed by atoms with Gasteiger partial charge in [-0.05, 0) is 116 Å². The van der Waals surface area contributed by atoms with Gasteiger partial charge in [0.2, 0.25) is 47.3 Å². The van der Waals surface area contributed by atoms with Crippen molar-refractivity contribution in [3.05, 3.63) is 130 Å². The first-order valence-corrected chi connectivity index (χ1v) is 27.2. The first-order chi connectivity index (χ1) is 38.5. The summed E-state index contributed by atoms with van der Waals surface area (Å²) in [6.07, 6.45) is -2.42. The van der Waals surface area contributed by atoms with E-state index in [9.17, 15) is 63.3 Å². The zero-order valence-electron chi connectivity index (χ0n) is 44.2. The molecule has 1 aliphatic rings. The van der Waals surface area contributed by atoms with Crippen LogP contribution in [0.1, 0.15) is 65.2 Å². The second-order valence-electron chi connectivity index (χ2n) is 19.5. The Labute approximate surface area is 476 Å². The largest absolute Gasteiger partial charge is 0.508 e. The summed E-state index contributed by atoms with van der Waals surface area (Å²) in [6.45, 7) is 0.732. The second kappa shape index (κ2) is 31.0. The minimum Gasteiger partial charge on any atom is -0.508 e. The molecule has 4 aromatic rings. The summed E-state index contributed by atoms with van der Waals surface area (Å²) in [5.74, 6) is -10.4. The lowest BCUT2D eigenvalue weighted by atomic mass is 9.90. The fourth-order valence-corrected chi connectivity index (χ4v) is 9.35. The van der Waals surface area contributed by atoms with Crippen molar-refractivity contribution in [2.45, 2.75) is 107 Å². The van der Waals surface area contributed by atoms with E-state index in [0.717, 1.165) is 6.92 Å². The molecule has 1 aliphatic heterocycles. The van der Waals surface area contributed by atoms with Gasteiger partial charge in [0.1, 0.15) is 47.8 Å². The van der Waals surface area contributed by atoms with E-state index in [1.54, 1.807) is 24.3 Å². The number of aliphatic hydroxyl groups excluding tert-OH is 1. The summed E-state index contributed by atoms with van der Waals surface area (Å²) < 4.78 is 0. The molecule has 4 aromatic carbocycles. The van der Waals surface area contributed by atoms with Crippen molar-refractivity contribution < 1.29 is 63.3 Å². The highest BCUT2D eigenvalue weighted by Gasteiger charge is 2.37. The third kappa shape index (κ3) is 20.5. The zero-order valence-corrected chi connectivity index (χ0v) is 45.8. The normalized spacial score (nSPS) is 21.0. The molecule has 434 valence electrons. The van der Waals surface area contributed by atoms with Gasteiger partial charge in [-0.15, -0.1) is 0 Å². The number of hydrogen-bond donors (Lipinski definition) is 14. The van der Waals surface area contributed by atoms with Gasteiger partial charge < -0.3 is 75.5 Å². The second-order valence-corrected chi connectivity index (χ2v) is 20.9. The quantitative estimate of drug-likeness (QED) is 0.0521. The van der Waals surface area contributed by atoms with Gasteiger partial charge in [0.25, 0.3) is 5.24 Å². The molecule has 5 rings (SSSR count). The molecule has 1 fully saturated rings. The number of benzene rings is 4. The average molecular weight is 1160 g/mol. The number of primary amides is 2. The number of aromatic hydroxyl groups is 2. The lowest BCUT2D eigenvalue weighted by Crippen LogP contribution is -2.62. The minimum absolute atomic E-state index is 0.0155. The van der Waals surface area contributed by atoms with E-state index in [4.69, 9.17) is 34.5 Å². The van der Waals surface area contributed by atoms with Crippen molar-refractivity contribution in [1.29, 1.82) is 0 Å². The molecule has 9 amide bonds. The predicted molar refractivity (Wildman–Crippen MR) is 300 cm³/mol. The van der Waals surface area contributed by atoms with Gasteiger partial charge in [-0.1, -0.05) is 71.9 Å². The number of rotatable bonds is 19. The molecule has 9 atom stereocenters. The third-order valence-electron chi connectivity index (χ3n) is 13.1. The minimum atomic E-state index is -1.83. The van der Waals surface area contributed by atoms with E-state index < -0.39 is 131 Å². The SMILES string of the molecule is CC(O)[C@@H]1NC(=O)[C@H](CCCCN)NC(=O)[C@@H](Cc2ccc(C(N)=O)cc2)NC(=O)[C@H](Cc2ccc(O)cc2)CC(=O)[C@@H](NC(=O)[C@@H](N)Cc2ccc(Cl)cc2)CNC(=O)SC[C@@H](C(=O)N[C@H](Cc2ccc(O)cc2)C(N)=O)NC1=O. The summed E-state index contributed by atoms with van der Waals surface area (Å²) >= 11 is 6.48. The Hall–Kier alpha value is -8.10. The van der Waals surface area contributed by atoms with Crippen molar-refractivity contribution in [3.63, 3.8) is 0 Å². The summed E-state index contributed by atoms with van der Waals surface area (Å²) in [4.78, 5) is 139. The van der Waals surface area contributed by atoms with E-state index in [1.165, 1.54) is 72.8 Å². The summed E-state index contributed by atoms with van der Waals surface area (Å²) in [5, 5.41) is 48.2. The number of ketones is 1. The Balaban J connectivity index is 1.58. The highest BCUT2D eigenvalue weighted by atomic mass is 35.5. The molecule has 81 heavy (non-hydrogen) atoms. The van der Waals surface area contributed by atoms with Gasteiger partial charge >= 0.3 is 0 Å². The molecular formula is C55H68ClN11O13S. The number of nitrogens with two attached hydrogens (primary N) is 4. The van der Waals surface area contributed by atoms with Gasteiger partial charge in [0, 0.05) is 48.1 Å². The topological polar surface area (TPSA) is 420 Å². The fraction of sp³-hybridized carbons (Fsp3) is 0.382. The molecule has 1 heterocycles. The number of amides is 9. The summed E-state index contributed by atoms with van der Waals surface area (Å²) in [5.41, 5.74) is 25.4. The van der Waals surface area contributed by atoms with Crippen molar-refractivity contribution >= 4 is 81.6 Å². The van der Waals surface area contributed by atoms with Crippen LogP contribution in [0.4, 0.5) is 4.79 Å². The summed E-state index contributed by atoms with van der Waals surface area (Å²) in [7, 11) is 0. The number of halogens is 1. The highest BCUT2D eigenvalue weighted by Crippen LogP contribution is 2.20. The number of hydrogen-bond acceptors (Lipinski definition) is 16. The molecule has 0 aliphatic carbocycles. The van der Waals surface area contributed by atoms with Crippen LogP contribution in [0.2, 0.25) is 5.02 Å². The number of phenolic OH excluding ortho intramolecular Hbond substituents is 2. The highest BCUT2D eigenvalue weighted by molar-refractivity contribution is 8.13. The molecule has 1 unspecified atom stereocenters. The van der Waals surface area contributed by atoms with Crippen LogP contribution in [0.3, 0.4) is 0 Å².